The highest BCUT2D eigenvalue weighted by Gasteiger charge is 2.08. The van der Waals surface area contributed by atoms with Gasteiger partial charge in [-0.2, -0.15) is 5.26 Å². The smallest absolute Gasteiger partial charge is 0.141 e. The topological polar surface area (TPSA) is 36.9 Å². The van der Waals surface area contributed by atoms with Gasteiger partial charge < -0.3 is 4.42 Å². The van der Waals surface area contributed by atoms with Gasteiger partial charge in [0.15, 0.2) is 0 Å². The third-order valence-electron chi connectivity index (χ3n) is 3.39. The molecule has 0 bridgehead atoms. The van der Waals surface area contributed by atoms with Crippen molar-refractivity contribution < 1.29 is 8.81 Å². The Morgan fingerprint density at radius 2 is 1.79 bits per heavy atom. The van der Waals surface area contributed by atoms with E-state index >= 15 is 0 Å². The molecular weight excluding hydrogens is 348 g/mol. The number of rotatable bonds is 3. The lowest BCUT2D eigenvalue weighted by molar-refractivity contribution is 0.571. The molecule has 0 aliphatic rings. The maximum Gasteiger partial charge on any atom is 0.141 e. The number of nitriles is 1. The third-order valence-corrected chi connectivity index (χ3v) is 3.93. The molecule has 24 heavy (non-hydrogen) atoms. The maximum absolute atomic E-state index is 13.2. The Morgan fingerprint density at radius 1 is 1.04 bits per heavy atom. The first-order valence-electron chi connectivity index (χ1n) is 7.00. The molecule has 0 saturated heterocycles. The second-order valence-electron chi connectivity index (χ2n) is 5.01. The number of nitrogens with zero attached hydrogens (tertiary/aromatic N) is 1. The van der Waals surface area contributed by atoms with E-state index in [9.17, 15) is 9.65 Å². The van der Waals surface area contributed by atoms with Crippen molar-refractivity contribution in [3.63, 3.8) is 0 Å². The van der Waals surface area contributed by atoms with Crippen molar-refractivity contribution in [3.8, 4) is 17.4 Å². The van der Waals surface area contributed by atoms with Gasteiger partial charge in [-0.05, 0) is 54.1 Å². The first kappa shape index (κ1) is 16.3. The zero-order valence-electron chi connectivity index (χ0n) is 12.3. The van der Waals surface area contributed by atoms with E-state index in [1.807, 2.05) is 0 Å². The van der Waals surface area contributed by atoms with E-state index < -0.39 is 5.82 Å². The van der Waals surface area contributed by atoms with Crippen molar-refractivity contribution in [1.29, 1.82) is 5.26 Å². The van der Waals surface area contributed by atoms with Crippen molar-refractivity contribution in [1.82, 2.24) is 0 Å². The molecule has 0 atom stereocenters. The summed E-state index contributed by atoms with van der Waals surface area (Å²) in [6.07, 6.45) is 1.64. The van der Waals surface area contributed by atoms with Crippen LogP contribution in [0, 0.1) is 17.1 Å². The molecule has 0 N–H and O–H groups in total. The molecule has 2 nitrogen and oxygen atoms in total. The summed E-state index contributed by atoms with van der Waals surface area (Å²) in [6.45, 7) is 0. The van der Waals surface area contributed by atoms with E-state index in [0.717, 1.165) is 5.56 Å². The van der Waals surface area contributed by atoms with Gasteiger partial charge in [0.05, 0.1) is 16.7 Å². The van der Waals surface area contributed by atoms with Crippen LogP contribution < -0.4 is 0 Å². The van der Waals surface area contributed by atoms with E-state index in [1.54, 1.807) is 48.5 Å². The molecule has 0 unspecified atom stereocenters. The SMILES string of the molecule is N#C/C(=C\c1ccc(-c2ccc(F)c(Cl)c2)o1)c1ccc(Cl)cc1. The monoisotopic (exact) mass is 357 g/mol. The minimum atomic E-state index is -0.485. The molecule has 1 aromatic heterocycles. The number of allylic oxidation sites excluding steroid dienone is 1. The second kappa shape index (κ2) is 6.92. The largest absolute Gasteiger partial charge is 0.457 e. The Hall–Kier alpha value is -2.54. The summed E-state index contributed by atoms with van der Waals surface area (Å²) in [5.41, 5.74) is 1.85. The molecule has 0 aliphatic carbocycles. The Kier molecular flexibility index (Phi) is 4.71. The summed E-state index contributed by atoms with van der Waals surface area (Å²) in [5, 5.41) is 9.98. The van der Waals surface area contributed by atoms with Gasteiger partial charge in [-0.3, -0.25) is 0 Å². The molecule has 118 valence electrons. The zero-order chi connectivity index (χ0) is 17.1. The van der Waals surface area contributed by atoms with Gasteiger partial charge in [0.1, 0.15) is 17.3 Å². The van der Waals surface area contributed by atoms with E-state index in [-0.39, 0.29) is 5.02 Å². The van der Waals surface area contributed by atoms with Gasteiger partial charge >= 0.3 is 0 Å². The van der Waals surface area contributed by atoms with Crippen molar-refractivity contribution in [2.24, 2.45) is 0 Å². The van der Waals surface area contributed by atoms with Gasteiger partial charge in [0, 0.05) is 10.6 Å². The predicted molar refractivity (Wildman–Crippen MR) is 94.0 cm³/mol. The van der Waals surface area contributed by atoms with Crippen molar-refractivity contribution in [2.75, 3.05) is 0 Å². The maximum atomic E-state index is 13.2. The second-order valence-corrected chi connectivity index (χ2v) is 5.85. The lowest BCUT2D eigenvalue weighted by atomic mass is 10.1. The first-order valence-corrected chi connectivity index (χ1v) is 7.75. The third kappa shape index (κ3) is 3.51. The Morgan fingerprint density at radius 3 is 2.46 bits per heavy atom. The summed E-state index contributed by atoms with van der Waals surface area (Å²) in [5.74, 6) is 0.565. The Bertz CT molecular complexity index is 952. The molecule has 2 aromatic carbocycles. The Labute approximate surface area is 148 Å². The lowest BCUT2D eigenvalue weighted by Gasteiger charge is -2.00. The summed E-state index contributed by atoms with van der Waals surface area (Å²) >= 11 is 11.6. The van der Waals surface area contributed by atoms with Crippen LogP contribution in [0.15, 0.2) is 59.0 Å². The number of halogens is 3. The van der Waals surface area contributed by atoms with Crippen LogP contribution in [0.3, 0.4) is 0 Å². The summed E-state index contributed by atoms with van der Waals surface area (Å²) in [4.78, 5) is 0. The molecule has 0 radical (unpaired) electrons. The van der Waals surface area contributed by atoms with Gasteiger partial charge in [-0.1, -0.05) is 35.3 Å². The van der Waals surface area contributed by atoms with E-state index in [1.165, 1.54) is 12.1 Å². The fraction of sp³-hybridized carbons (Fsp3) is 0. The average Bonchev–Trinajstić information content (AvgIpc) is 3.05. The number of hydrogen-bond donors (Lipinski definition) is 0. The van der Waals surface area contributed by atoms with Crippen LogP contribution >= 0.6 is 23.2 Å². The van der Waals surface area contributed by atoms with Crippen LogP contribution in [-0.2, 0) is 0 Å². The predicted octanol–water partition coefficient (Wildman–Crippen LogP) is 6.46. The standard InChI is InChI=1S/C19H10Cl2FNO/c20-15-4-1-12(2-5-15)14(11-23)9-16-6-8-19(24-16)13-3-7-18(22)17(21)10-13/h1-10H/b14-9+. The van der Waals surface area contributed by atoms with E-state index in [0.29, 0.717) is 27.7 Å². The minimum absolute atomic E-state index is 0.0277. The van der Waals surface area contributed by atoms with Gasteiger partial charge in [-0.25, -0.2) is 4.39 Å². The van der Waals surface area contributed by atoms with Crippen LogP contribution in [0.5, 0.6) is 0 Å². The molecule has 0 amide bonds. The van der Waals surface area contributed by atoms with Crippen molar-refractivity contribution in [2.45, 2.75) is 0 Å². The molecule has 0 fully saturated rings. The first-order chi connectivity index (χ1) is 11.6. The quantitative estimate of drug-likeness (QED) is 0.504. The van der Waals surface area contributed by atoms with Gasteiger partial charge in [0.2, 0.25) is 0 Å². The normalized spacial score (nSPS) is 11.3. The molecule has 3 rings (SSSR count). The average molecular weight is 358 g/mol. The molecule has 0 saturated carbocycles. The minimum Gasteiger partial charge on any atom is -0.457 e. The summed E-state index contributed by atoms with van der Waals surface area (Å²) < 4.78 is 18.9. The van der Waals surface area contributed by atoms with Gasteiger partial charge in [0.25, 0.3) is 0 Å². The fourth-order valence-electron chi connectivity index (χ4n) is 2.19. The molecule has 5 heteroatoms. The summed E-state index contributed by atoms with van der Waals surface area (Å²) in [7, 11) is 0. The van der Waals surface area contributed by atoms with Crippen LogP contribution in [0.25, 0.3) is 23.0 Å². The van der Waals surface area contributed by atoms with Crippen molar-refractivity contribution in [3.05, 3.63) is 81.8 Å². The van der Waals surface area contributed by atoms with Crippen LogP contribution in [-0.4, -0.2) is 0 Å². The van der Waals surface area contributed by atoms with Crippen LogP contribution in [0.4, 0.5) is 4.39 Å². The molecule has 0 spiro atoms. The molecule has 0 aliphatic heterocycles. The lowest BCUT2D eigenvalue weighted by Crippen LogP contribution is -1.81. The highest BCUT2D eigenvalue weighted by molar-refractivity contribution is 6.31. The van der Waals surface area contributed by atoms with Crippen LogP contribution in [0.2, 0.25) is 10.0 Å². The highest BCUT2D eigenvalue weighted by Crippen LogP contribution is 2.28. The van der Waals surface area contributed by atoms with E-state index in [4.69, 9.17) is 27.6 Å². The van der Waals surface area contributed by atoms with Crippen LogP contribution in [0.1, 0.15) is 11.3 Å². The number of furan rings is 1. The van der Waals surface area contributed by atoms with E-state index in [2.05, 4.69) is 6.07 Å². The fourth-order valence-corrected chi connectivity index (χ4v) is 2.49. The van der Waals surface area contributed by atoms with Gasteiger partial charge in [-0.15, -0.1) is 0 Å². The zero-order valence-corrected chi connectivity index (χ0v) is 13.8. The Balaban J connectivity index is 1.93. The summed E-state index contributed by atoms with van der Waals surface area (Å²) in [6, 6.07) is 16.9. The molecule has 3 aromatic rings. The molecular formula is C19H10Cl2FNO. The highest BCUT2D eigenvalue weighted by atomic mass is 35.5. The van der Waals surface area contributed by atoms with Crippen molar-refractivity contribution >= 4 is 34.9 Å². The molecule has 1 heterocycles. The number of benzene rings is 2. The number of hydrogen-bond acceptors (Lipinski definition) is 2.